The van der Waals surface area contributed by atoms with Crippen LogP contribution in [0.2, 0.25) is 0 Å². The highest BCUT2D eigenvalue weighted by Gasteiger charge is 2.01. The van der Waals surface area contributed by atoms with Crippen LogP contribution in [0.25, 0.3) is 11.3 Å². The molecule has 0 aliphatic carbocycles. The number of rotatable bonds is 1. The summed E-state index contributed by atoms with van der Waals surface area (Å²) in [5, 5.41) is 3.00. The minimum Gasteiger partial charge on any atom is -0.304 e. The number of hydrogen-bond donors (Lipinski definition) is 1. The molecule has 0 aromatic carbocycles. The van der Waals surface area contributed by atoms with E-state index >= 15 is 0 Å². The van der Waals surface area contributed by atoms with Gasteiger partial charge in [0.2, 0.25) is 0 Å². The second-order valence-electron chi connectivity index (χ2n) is 2.46. The van der Waals surface area contributed by atoms with Gasteiger partial charge in [0.25, 0.3) is 0 Å². The molecular weight excluding hydrogens is 138 g/mol. The molecule has 2 rings (SSSR count). The molecule has 2 heterocycles. The molecule has 0 fully saturated rings. The van der Waals surface area contributed by atoms with Crippen molar-refractivity contribution in [1.82, 2.24) is 14.8 Å². The smallest absolute Gasteiger partial charge is 0.0831 e. The molecule has 0 atom stereocenters. The Bertz CT molecular complexity index is 331. The molecule has 11 heavy (non-hydrogen) atoms. The molecule has 0 radical (unpaired) electrons. The molecule has 0 amide bonds. The van der Waals surface area contributed by atoms with Gasteiger partial charge in [-0.15, -0.1) is 0 Å². The lowest BCUT2D eigenvalue weighted by molar-refractivity contribution is 0.702. The quantitative estimate of drug-likeness (QED) is 0.650. The Balaban J connectivity index is 2.43. The Morgan fingerprint density at radius 2 is 2.45 bits per heavy atom. The van der Waals surface area contributed by atoms with E-state index < -0.39 is 0 Å². The third kappa shape index (κ3) is 0.941. The Morgan fingerprint density at radius 3 is 2.91 bits per heavy atom. The molecule has 0 saturated heterocycles. The monoisotopic (exact) mass is 147 g/mol. The summed E-state index contributed by atoms with van der Waals surface area (Å²) in [7, 11) is 1.97. The predicted octanol–water partition coefficient (Wildman–Crippen LogP) is 1.42. The highest BCUT2D eigenvalue weighted by atomic mass is 15.3. The lowest BCUT2D eigenvalue weighted by atomic mass is 10.2. The molecule has 3 heteroatoms. The fraction of sp³-hybridized carbons (Fsp3) is 0.125. The van der Waals surface area contributed by atoms with Crippen LogP contribution >= 0.6 is 0 Å². The van der Waals surface area contributed by atoms with Crippen LogP contribution in [-0.4, -0.2) is 14.8 Å². The van der Waals surface area contributed by atoms with E-state index in [0.717, 1.165) is 5.56 Å². The lowest BCUT2D eigenvalue weighted by Gasteiger charge is -2.11. The average molecular weight is 147 g/mol. The van der Waals surface area contributed by atoms with Crippen molar-refractivity contribution in [3.8, 4) is 11.3 Å². The number of aryl methyl sites for hydroxylation is 1. The van der Waals surface area contributed by atoms with E-state index in [1.54, 1.807) is 6.20 Å². The van der Waals surface area contributed by atoms with Crippen LogP contribution in [0.1, 0.15) is 0 Å². The number of hydrogen-bond acceptors (Lipinski definition) is 1. The molecule has 0 bridgehead atoms. The zero-order valence-electron chi connectivity index (χ0n) is 6.28. The summed E-state index contributed by atoms with van der Waals surface area (Å²) in [5.74, 6) is 0. The summed E-state index contributed by atoms with van der Waals surface area (Å²) in [6, 6.07) is 3.97. The molecule has 0 unspecified atom stereocenters. The van der Waals surface area contributed by atoms with Crippen LogP contribution in [0.15, 0.2) is 30.7 Å². The van der Waals surface area contributed by atoms with E-state index in [0.29, 0.717) is 0 Å². The van der Waals surface area contributed by atoms with Gasteiger partial charge in [-0.3, -0.25) is 9.67 Å². The van der Waals surface area contributed by atoms with Crippen LogP contribution in [0.4, 0.5) is 0 Å². The molecule has 2 aromatic heterocycles. The van der Waals surface area contributed by atoms with Crippen LogP contribution in [0.5, 0.6) is 0 Å². The van der Waals surface area contributed by atoms with Crippen molar-refractivity contribution in [2.45, 2.75) is 0 Å². The van der Waals surface area contributed by atoms with Crippen molar-refractivity contribution in [1.29, 1.82) is 0 Å². The van der Waals surface area contributed by atoms with Crippen molar-refractivity contribution >= 4 is 0 Å². The Morgan fingerprint density at radius 1 is 1.55 bits per heavy atom. The first-order valence-electron chi connectivity index (χ1n) is 3.48. The van der Waals surface area contributed by atoms with E-state index in [-0.39, 0.29) is 0 Å². The van der Waals surface area contributed by atoms with Crippen LogP contribution in [0.3, 0.4) is 0 Å². The second-order valence-corrected chi connectivity index (χ2v) is 2.46. The highest BCUT2D eigenvalue weighted by molar-refractivity contribution is 5.57. The highest BCUT2D eigenvalue weighted by Crippen LogP contribution is 2.16. The summed E-state index contributed by atoms with van der Waals surface area (Å²) in [5.41, 5.74) is 2.33. The minimum absolute atomic E-state index is 1.15. The van der Waals surface area contributed by atoms with Gasteiger partial charge in [0.15, 0.2) is 0 Å². The van der Waals surface area contributed by atoms with Gasteiger partial charge >= 0.3 is 0 Å². The fourth-order valence-electron chi connectivity index (χ4n) is 1.05. The third-order valence-electron chi connectivity index (χ3n) is 1.71. The van der Waals surface area contributed by atoms with Gasteiger partial charge in [-0.2, -0.15) is 0 Å². The number of nitrogens with zero attached hydrogens (tertiary/aromatic N) is 2. The fourth-order valence-corrected chi connectivity index (χ4v) is 1.05. The van der Waals surface area contributed by atoms with Gasteiger partial charge in [-0.05, 0) is 12.1 Å². The third-order valence-corrected chi connectivity index (χ3v) is 1.71. The maximum absolute atomic E-state index is 4.03. The number of aromatic nitrogens is 3. The first kappa shape index (κ1) is 6.22. The Labute approximate surface area is 64.7 Å². The second kappa shape index (κ2) is 2.27. The SMILES string of the molecule is Cn1[nH]cc1-c1cccnc1. The normalized spacial score (nSPS) is 10.3. The van der Waals surface area contributed by atoms with Crippen LogP contribution in [0, 0.1) is 0 Å². The standard InChI is InChI=1S/C8H9N3/c1-11-8(6-10-11)7-3-2-4-9-5-7/h2-6,10H,1H3. The Hall–Kier alpha value is -1.51. The maximum Gasteiger partial charge on any atom is 0.0831 e. The summed E-state index contributed by atoms with van der Waals surface area (Å²) in [6.07, 6.45) is 5.58. The van der Waals surface area contributed by atoms with Gasteiger partial charge < -0.3 is 5.10 Å². The van der Waals surface area contributed by atoms with Gasteiger partial charge in [0.1, 0.15) is 0 Å². The number of pyridine rings is 1. The zero-order chi connectivity index (χ0) is 7.68. The van der Waals surface area contributed by atoms with Crippen LogP contribution in [-0.2, 0) is 7.05 Å². The molecule has 0 saturated carbocycles. The number of aromatic amines is 1. The number of H-pyrrole nitrogens is 1. The van der Waals surface area contributed by atoms with E-state index in [2.05, 4.69) is 10.1 Å². The molecule has 0 spiro atoms. The van der Waals surface area contributed by atoms with Crippen molar-refractivity contribution < 1.29 is 0 Å². The van der Waals surface area contributed by atoms with Crippen molar-refractivity contribution in [3.05, 3.63) is 30.7 Å². The summed E-state index contributed by atoms with van der Waals surface area (Å²) < 4.78 is 1.96. The summed E-state index contributed by atoms with van der Waals surface area (Å²) >= 11 is 0. The van der Waals surface area contributed by atoms with Crippen molar-refractivity contribution in [2.24, 2.45) is 7.05 Å². The van der Waals surface area contributed by atoms with Crippen LogP contribution < -0.4 is 0 Å². The van der Waals surface area contributed by atoms with Crippen molar-refractivity contribution in [3.63, 3.8) is 0 Å². The zero-order valence-corrected chi connectivity index (χ0v) is 6.28. The van der Waals surface area contributed by atoms with Gasteiger partial charge in [0.05, 0.1) is 5.69 Å². The van der Waals surface area contributed by atoms with Gasteiger partial charge in [-0.25, -0.2) is 0 Å². The van der Waals surface area contributed by atoms with Gasteiger partial charge in [-0.1, -0.05) is 0 Å². The molecule has 2 aromatic rings. The molecule has 3 nitrogen and oxygen atoms in total. The minimum atomic E-state index is 1.15. The lowest BCUT2D eigenvalue weighted by Crippen LogP contribution is -2.05. The molecule has 56 valence electrons. The van der Waals surface area contributed by atoms with Gasteiger partial charge in [0, 0.05) is 31.2 Å². The number of nitrogens with one attached hydrogen (secondary N) is 1. The largest absolute Gasteiger partial charge is 0.304 e. The first-order valence-corrected chi connectivity index (χ1v) is 3.48. The maximum atomic E-state index is 4.03. The Kier molecular flexibility index (Phi) is 1.28. The topological polar surface area (TPSA) is 33.6 Å². The van der Waals surface area contributed by atoms with E-state index in [4.69, 9.17) is 0 Å². The summed E-state index contributed by atoms with van der Waals surface area (Å²) in [4.78, 5) is 4.03. The van der Waals surface area contributed by atoms with Crippen molar-refractivity contribution in [2.75, 3.05) is 0 Å². The molecular formula is C8H9N3. The summed E-state index contributed by atoms with van der Waals surface area (Å²) in [6.45, 7) is 0. The van der Waals surface area contributed by atoms with E-state index in [1.165, 1.54) is 5.69 Å². The average Bonchev–Trinajstić information content (AvgIpc) is 2.04. The van der Waals surface area contributed by atoms with E-state index in [9.17, 15) is 0 Å². The molecule has 0 aliphatic heterocycles. The molecule has 1 N–H and O–H groups in total. The van der Waals surface area contributed by atoms with E-state index in [1.807, 2.05) is 36.3 Å². The predicted molar refractivity (Wildman–Crippen MR) is 43.0 cm³/mol. The first-order chi connectivity index (χ1) is 5.38. The molecule has 0 aliphatic rings.